The number of rotatable bonds is 4. The first kappa shape index (κ1) is 19.4. The van der Waals surface area contributed by atoms with Gasteiger partial charge in [0.25, 0.3) is 5.91 Å². The van der Waals surface area contributed by atoms with E-state index in [2.05, 4.69) is 4.90 Å². The van der Waals surface area contributed by atoms with Crippen molar-refractivity contribution in [2.45, 2.75) is 6.54 Å². The molecule has 1 fully saturated rings. The van der Waals surface area contributed by atoms with Crippen molar-refractivity contribution < 1.29 is 23.4 Å². The standard InChI is InChI=1S/C23H22N2O6/c1-28-17-3-5-19-18(12-17)16(11-22(26)31-19)13-24-6-8-25(9-7-24)23(27)15-2-4-20-21(10-15)30-14-29-20/h2-5,10-12H,6-9,13-14H2,1H3. The molecule has 0 aliphatic carbocycles. The molecule has 1 aromatic heterocycles. The number of benzene rings is 2. The Labute approximate surface area is 178 Å². The molecule has 3 heterocycles. The van der Waals surface area contributed by atoms with Crippen LogP contribution in [0.1, 0.15) is 15.9 Å². The Kier molecular flexibility index (Phi) is 4.99. The van der Waals surface area contributed by atoms with Crippen molar-refractivity contribution >= 4 is 16.9 Å². The second-order valence-corrected chi connectivity index (χ2v) is 7.59. The number of nitrogens with zero attached hydrogens (tertiary/aromatic N) is 2. The fourth-order valence-corrected chi connectivity index (χ4v) is 4.03. The molecule has 2 aliphatic rings. The van der Waals surface area contributed by atoms with Crippen LogP contribution in [0.5, 0.6) is 17.2 Å². The second-order valence-electron chi connectivity index (χ2n) is 7.59. The van der Waals surface area contributed by atoms with Crippen molar-refractivity contribution in [3.8, 4) is 17.2 Å². The van der Waals surface area contributed by atoms with E-state index in [-0.39, 0.29) is 18.3 Å². The van der Waals surface area contributed by atoms with Gasteiger partial charge in [-0.15, -0.1) is 0 Å². The average Bonchev–Trinajstić information content (AvgIpc) is 3.27. The lowest BCUT2D eigenvalue weighted by atomic mass is 10.1. The lowest BCUT2D eigenvalue weighted by Gasteiger charge is -2.35. The summed E-state index contributed by atoms with van der Waals surface area (Å²) in [5.74, 6) is 1.96. The molecule has 0 atom stereocenters. The molecule has 0 unspecified atom stereocenters. The molecule has 8 heteroatoms. The highest BCUT2D eigenvalue weighted by molar-refractivity contribution is 5.95. The van der Waals surface area contributed by atoms with E-state index in [1.807, 2.05) is 11.0 Å². The SMILES string of the molecule is COc1ccc2oc(=O)cc(CN3CCN(C(=O)c4ccc5c(c4)OCO5)CC3)c2c1. The molecule has 2 aliphatic heterocycles. The van der Waals surface area contributed by atoms with Crippen LogP contribution >= 0.6 is 0 Å². The summed E-state index contributed by atoms with van der Waals surface area (Å²) in [7, 11) is 1.61. The van der Waals surface area contributed by atoms with E-state index in [1.165, 1.54) is 6.07 Å². The Balaban J connectivity index is 1.28. The minimum Gasteiger partial charge on any atom is -0.497 e. The molecule has 0 radical (unpaired) electrons. The van der Waals surface area contributed by atoms with Gasteiger partial charge in [-0.1, -0.05) is 0 Å². The van der Waals surface area contributed by atoms with Gasteiger partial charge < -0.3 is 23.5 Å². The average molecular weight is 422 g/mol. The van der Waals surface area contributed by atoms with Crippen molar-refractivity contribution in [1.82, 2.24) is 9.80 Å². The summed E-state index contributed by atoms with van der Waals surface area (Å²) in [5, 5.41) is 0.859. The molecule has 1 saturated heterocycles. The number of hydrogen-bond acceptors (Lipinski definition) is 7. The van der Waals surface area contributed by atoms with E-state index in [4.69, 9.17) is 18.6 Å². The number of amides is 1. The van der Waals surface area contributed by atoms with Gasteiger partial charge in [-0.25, -0.2) is 4.79 Å². The summed E-state index contributed by atoms with van der Waals surface area (Å²) in [6, 6.07) is 12.2. The maximum absolute atomic E-state index is 12.9. The van der Waals surface area contributed by atoms with Gasteiger partial charge in [0.2, 0.25) is 6.79 Å². The maximum Gasteiger partial charge on any atom is 0.336 e. The summed E-state index contributed by atoms with van der Waals surface area (Å²) in [4.78, 5) is 29.0. The van der Waals surface area contributed by atoms with Crippen molar-refractivity contribution in [3.63, 3.8) is 0 Å². The highest BCUT2D eigenvalue weighted by Crippen LogP contribution is 2.33. The molecule has 3 aromatic rings. The molecule has 31 heavy (non-hydrogen) atoms. The van der Waals surface area contributed by atoms with Gasteiger partial charge in [0.05, 0.1) is 7.11 Å². The molecule has 1 amide bonds. The maximum atomic E-state index is 12.9. The Hall–Kier alpha value is -3.52. The zero-order valence-electron chi connectivity index (χ0n) is 17.1. The molecule has 2 aromatic carbocycles. The molecule has 5 rings (SSSR count). The first-order valence-electron chi connectivity index (χ1n) is 10.1. The summed E-state index contributed by atoms with van der Waals surface area (Å²) in [6.07, 6.45) is 0. The summed E-state index contributed by atoms with van der Waals surface area (Å²) < 4.78 is 21.3. The molecule has 160 valence electrons. The van der Waals surface area contributed by atoms with E-state index in [0.717, 1.165) is 10.9 Å². The minimum atomic E-state index is -0.371. The smallest absolute Gasteiger partial charge is 0.336 e. The zero-order valence-corrected chi connectivity index (χ0v) is 17.1. The van der Waals surface area contributed by atoms with Gasteiger partial charge in [0.1, 0.15) is 11.3 Å². The molecule has 0 N–H and O–H groups in total. The van der Waals surface area contributed by atoms with Gasteiger partial charge in [-0.2, -0.15) is 0 Å². The van der Waals surface area contributed by atoms with Crippen LogP contribution in [0.25, 0.3) is 11.0 Å². The zero-order chi connectivity index (χ0) is 21.4. The van der Waals surface area contributed by atoms with E-state index < -0.39 is 0 Å². The normalized spacial score (nSPS) is 16.0. The number of methoxy groups -OCH3 is 1. The van der Waals surface area contributed by atoms with Gasteiger partial charge in [-0.05, 0) is 42.0 Å². The van der Waals surface area contributed by atoms with Crippen LogP contribution in [0.3, 0.4) is 0 Å². The van der Waals surface area contributed by atoms with E-state index >= 15 is 0 Å². The van der Waals surface area contributed by atoms with Gasteiger partial charge >= 0.3 is 5.63 Å². The Morgan fingerprint density at radius 2 is 1.81 bits per heavy atom. The first-order valence-corrected chi connectivity index (χ1v) is 10.1. The Bertz CT molecular complexity index is 1200. The first-order chi connectivity index (χ1) is 15.1. The molecular formula is C23H22N2O6. The largest absolute Gasteiger partial charge is 0.497 e. The van der Waals surface area contributed by atoms with E-state index in [1.54, 1.807) is 37.4 Å². The van der Waals surface area contributed by atoms with Gasteiger partial charge in [0, 0.05) is 49.7 Å². The predicted molar refractivity (Wildman–Crippen MR) is 113 cm³/mol. The van der Waals surface area contributed by atoms with Crippen molar-refractivity contribution in [2.75, 3.05) is 40.1 Å². The molecule has 8 nitrogen and oxygen atoms in total. The monoisotopic (exact) mass is 422 g/mol. The Morgan fingerprint density at radius 3 is 2.61 bits per heavy atom. The summed E-state index contributed by atoms with van der Waals surface area (Å²) >= 11 is 0. The van der Waals surface area contributed by atoms with Crippen molar-refractivity contribution in [3.05, 3.63) is 64.0 Å². The fraction of sp³-hybridized carbons (Fsp3) is 0.304. The highest BCUT2D eigenvalue weighted by atomic mass is 16.7. The number of carbonyl (C=O) groups is 1. The third-order valence-corrected chi connectivity index (χ3v) is 5.71. The predicted octanol–water partition coefficient (Wildman–Crippen LogP) is 2.49. The van der Waals surface area contributed by atoms with Crippen LogP contribution in [0.2, 0.25) is 0 Å². The quantitative estimate of drug-likeness (QED) is 0.598. The number of carbonyl (C=O) groups excluding carboxylic acids is 1. The van der Waals surface area contributed by atoms with Crippen LogP contribution in [0.15, 0.2) is 51.7 Å². The lowest BCUT2D eigenvalue weighted by Crippen LogP contribution is -2.48. The molecule has 0 saturated carbocycles. The lowest BCUT2D eigenvalue weighted by molar-refractivity contribution is 0.0628. The van der Waals surface area contributed by atoms with Crippen molar-refractivity contribution in [1.29, 1.82) is 0 Å². The fourth-order valence-electron chi connectivity index (χ4n) is 4.03. The third-order valence-electron chi connectivity index (χ3n) is 5.71. The van der Waals surface area contributed by atoms with E-state index in [0.29, 0.717) is 61.1 Å². The number of fused-ring (bicyclic) bond motifs is 2. The molecular weight excluding hydrogens is 400 g/mol. The van der Waals surface area contributed by atoms with Crippen molar-refractivity contribution in [2.24, 2.45) is 0 Å². The molecule has 0 bridgehead atoms. The van der Waals surface area contributed by atoms with Gasteiger partial charge in [0.15, 0.2) is 11.5 Å². The van der Waals surface area contributed by atoms with Crippen LogP contribution in [-0.2, 0) is 6.54 Å². The summed E-state index contributed by atoms with van der Waals surface area (Å²) in [6.45, 7) is 3.42. The van der Waals surface area contributed by atoms with Gasteiger partial charge in [-0.3, -0.25) is 9.69 Å². The Morgan fingerprint density at radius 1 is 1.00 bits per heavy atom. The van der Waals surface area contributed by atoms with Crippen LogP contribution in [0.4, 0.5) is 0 Å². The second kappa shape index (κ2) is 7.96. The number of hydrogen-bond donors (Lipinski definition) is 0. The topological polar surface area (TPSA) is 81.5 Å². The van der Waals surface area contributed by atoms with Crippen LogP contribution in [-0.4, -0.2) is 55.8 Å². The molecule has 0 spiro atoms. The van der Waals surface area contributed by atoms with Crippen LogP contribution < -0.4 is 19.8 Å². The van der Waals surface area contributed by atoms with E-state index in [9.17, 15) is 9.59 Å². The minimum absolute atomic E-state index is 0.0199. The summed E-state index contributed by atoms with van der Waals surface area (Å²) in [5.41, 5.74) is 1.65. The van der Waals surface area contributed by atoms with Crippen LogP contribution in [0, 0.1) is 0 Å². The highest BCUT2D eigenvalue weighted by Gasteiger charge is 2.24. The number of piperazine rings is 1. The third kappa shape index (κ3) is 3.82. The number of ether oxygens (including phenoxy) is 3.